The third kappa shape index (κ3) is 5.94. The third-order valence-electron chi connectivity index (χ3n) is 11.6. The zero-order valence-corrected chi connectivity index (χ0v) is 33.3. The quantitative estimate of drug-likeness (QED) is 0.161. The first-order chi connectivity index (χ1) is 30.7. The lowest BCUT2D eigenvalue weighted by atomic mass is 10.0. The van der Waals surface area contributed by atoms with Gasteiger partial charge in [0.05, 0.1) is 33.5 Å². The van der Waals surface area contributed by atoms with E-state index in [9.17, 15) is 0 Å². The van der Waals surface area contributed by atoms with E-state index in [1.54, 1.807) is 0 Å². The van der Waals surface area contributed by atoms with Crippen molar-refractivity contribution in [2.75, 3.05) is 0 Å². The van der Waals surface area contributed by atoms with Crippen molar-refractivity contribution >= 4 is 43.6 Å². The first-order valence-corrected chi connectivity index (χ1v) is 20.7. The predicted octanol–water partition coefficient (Wildman–Crippen LogP) is 13.2. The molecule has 12 rings (SSSR count). The van der Waals surface area contributed by atoms with E-state index in [0.717, 1.165) is 77.7 Å². The normalized spacial score (nSPS) is 11.5. The first-order valence-electron chi connectivity index (χ1n) is 20.7. The molecule has 8 aromatic carbocycles. The summed E-state index contributed by atoms with van der Waals surface area (Å²) in [5.74, 6) is 2.39. The molecule has 12 aromatic rings. The van der Waals surface area contributed by atoms with Gasteiger partial charge < -0.3 is 4.57 Å². The minimum absolute atomic E-state index is 0.547. The van der Waals surface area contributed by atoms with Crippen LogP contribution in [-0.4, -0.2) is 34.1 Å². The number of benzene rings is 8. The molecule has 0 aliphatic carbocycles. The smallest absolute Gasteiger partial charge is 0.238 e. The van der Waals surface area contributed by atoms with Crippen LogP contribution in [0.3, 0.4) is 0 Å². The van der Waals surface area contributed by atoms with E-state index in [1.165, 1.54) is 10.8 Å². The van der Waals surface area contributed by atoms with Gasteiger partial charge in [-0.1, -0.05) is 170 Å². The van der Waals surface area contributed by atoms with Gasteiger partial charge >= 0.3 is 0 Å². The van der Waals surface area contributed by atoms with Crippen molar-refractivity contribution in [1.82, 2.24) is 34.1 Å². The maximum atomic E-state index is 5.29. The number of hydrogen-bond donors (Lipinski definition) is 0. The summed E-state index contributed by atoms with van der Waals surface area (Å²) < 4.78 is 4.56. The molecule has 290 valence electrons. The van der Waals surface area contributed by atoms with E-state index >= 15 is 0 Å². The van der Waals surface area contributed by atoms with Gasteiger partial charge in [-0.2, -0.15) is 9.97 Å². The molecule has 0 radical (unpaired) electrons. The lowest BCUT2D eigenvalue weighted by Crippen LogP contribution is -2.06. The molecular formula is C55H35N7. The monoisotopic (exact) mass is 793 g/mol. The zero-order valence-electron chi connectivity index (χ0n) is 33.3. The Labute approximate surface area is 356 Å². The van der Waals surface area contributed by atoms with Gasteiger partial charge in [-0.25, -0.2) is 15.0 Å². The summed E-state index contributed by atoms with van der Waals surface area (Å²) in [5, 5.41) is 4.68. The maximum absolute atomic E-state index is 5.29. The van der Waals surface area contributed by atoms with Crippen LogP contribution in [0.15, 0.2) is 212 Å². The van der Waals surface area contributed by atoms with Crippen LogP contribution < -0.4 is 0 Å². The molecule has 0 saturated heterocycles. The van der Waals surface area contributed by atoms with Gasteiger partial charge in [-0.3, -0.25) is 4.57 Å². The Hall–Kier alpha value is -8.55. The number of para-hydroxylation sites is 3. The average molecular weight is 794 g/mol. The molecule has 0 N–H and O–H groups in total. The Morgan fingerprint density at radius 1 is 0.274 bits per heavy atom. The number of aromatic nitrogens is 7. The Balaban J connectivity index is 1.04. The van der Waals surface area contributed by atoms with Crippen LogP contribution in [-0.2, 0) is 0 Å². The van der Waals surface area contributed by atoms with Crippen LogP contribution >= 0.6 is 0 Å². The molecule has 0 aliphatic heterocycles. The van der Waals surface area contributed by atoms with E-state index in [1.807, 2.05) is 78.9 Å². The second kappa shape index (κ2) is 14.6. The van der Waals surface area contributed by atoms with E-state index < -0.39 is 0 Å². The van der Waals surface area contributed by atoms with Gasteiger partial charge in [-0.15, -0.1) is 0 Å². The van der Waals surface area contributed by atoms with Gasteiger partial charge in [0.2, 0.25) is 5.95 Å². The van der Waals surface area contributed by atoms with Gasteiger partial charge in [0.15, 0.2) is 17.5 Å². The van der Waals surface area contributed by atoms with E-state index in [-0.39, 0.29) is 0 Å². The van der Waals surface area contributed by atoms with Gasteiger partial charge in [0.25, 0.3) is 0 Å². The minimum atomic E-state index is 0.547. The van der Waals surface area contributed by atoms with Crippen LogP contribution in [0.25, 0.3) is 112 Å². The molecule has 0 fully saturated rings. The van der Waals surface area contributed by atoms with Crippen molar-refractivity contribution < 1.29 is 0 Å². The van der Waals surface area contributed by atoms with Gasteiger partial charge in [0, 0.05) is 55.0 Å². The van der Waals surface area contributed by atoms with Crippen LogP contribution in [0, 0.1) is 0 Å². The molecule has 7 heteroatoms. The van der Waals surface area contributed by atoms with Crippen LogP contribution in [0.5, 0.6) is 0 Å². The number of fused-ring (bicyclic) bond motifs is 7. The highest BCUT2D eigenvalue weighted by atomic mass is 15.2. The SMILES string of the molecule is c1ccc(-c2cc(-c3ccc(-c4nc(-c5ccccc5)nc(-n5c6ccccc6c6c7c8ccccc8n(-c8ccccc8)c7ccc65)n4)cc3)nc(-c3ccccc3)n2)cc1. The van der Waals surface area contributed by atoms with Crippen molar-refractivity contribution in [1.29, 1.82) is 0 Å². The minimum Gasteiger partial charge on any atom is -0.309 e. The summed E-state index contributed by atoms with van der Waals surface area (Å²) in [5.41, 5.74) is 11.9. The van der Waals surface area contributed by atoms with Crippen LogP contribution in [0.2, 0.25) is 0 Å². The zero-order chi connectivity index (χ0) is 41.0. The summed E-state index contributed by atoms with van der Waals surface area (Å²) in [6, 6.07) is 73.1. The van der Waals surface area contributed by atoms with E-state index in [4.69, 9.17) is 24.9 Å². The molecule has 0 spiro atoms. The second-order valence-electron chi connectivity index (χ2n) is 15.3. The van der Waals surface area contributed by atoms with Crippen molar-refractivity contribution in [2.45, 2.75) is 0 Å². The molecule has 0 atom stereocenters. The lowest BCUT2D eigenvalue weighted by Gasteiger charge is -2.12. The number of hydrogen-bond acceptors (Lipinski definition) is 5. The van der Waals surface area contributed by atoms with E-state index in [2.05, 4.69) is 143 Å². The lowest BCUT2D eigenvalue weighted by molar-refractivity contribution is 0.953. The summed E-state index contributed by atoms with van der Waals surface area (Å²) in [6.45, 7) is 0. The fraction of sp³-hybridized carbons (Fsp3) is 0. The molecule has 0 saturated carbocycles. The molecule has 0 unspecified atom stereocenters. The largest absolute Gasteiger partial charge is 0.309 e. The summed E-state index contributed by atoms with van der Waals surface area (Å²) in [6.07, 6.45) is 0. The van der Waals surface area contributed by atoms with Crippen molar-refractivity contribution in [3.8, 4) is 68.3 Å². The van der Waals surface area contributed by atoms with E-state index in [0.29, 0.717) is 23.4 Å². The number of nitrogens with zero attached hydrogens (tertiary/aromatic N) is 7. The molecule has 7 nitrogen and oxygen atoms in total. The molecule has 4 heterocycles. The molecule has 0 bridgehead atoms. The predicted molar refractivity (Wildman–Crippen MR) is 251 cm³/mol. The Kier molecular flexibility index (Phi) is 8.35. The third-order valence-corrected chi connectivity index (χ3v) is 11.6. The standard InChI is InChI=1S/C55H35N7/c1-5-17-36(18-6-1)44-35-45(57-52(56-44)38-19-7-2-8-20-38)37-29-31-40(32-30-37)54-58-53(39-21-9-3-10-22-39)59-55(60-54)62-47-28-16-14-26-43(47)51-49(62)34-33-48-50(51)42-25-13-15-27-46(42)61(48)41-23-11-4-12-24-41/h1-35H. The Morgan fingerprint density at radius 3 is 1.21 bits per heavy atom. The Morgan fingerprint density at radius 2 is 0.661 bits per heavy atom. The number of rotatable bonds is 7. The fourth-order valence-electron chi connectivity index (χ4n) is 8.76. The topological polar surface area (TPSA) is 74.3 Å². The molecule has 0 aliphatic rings. The average Bonchev–Trinajstić information content (AvgIpc) is 3.88. The fourth-order valence-corrected chi connectivity index (χ4v) is 8.76. The molecule has 0 amide bonds. The molecular weight excluding hydrogens is 759 g/mol. The summed E-state index contributed by atoms with van der Waals surface area (Å²) in [7, 11) is 0. The summed E-state index contributed by atoms with van der Waals surface area (Å²) >= 11 is 0. The van der Waals surface area contributed by atoms with Gasteiger partial charge in [0.1, 0.15) is 0 Å². The van der Waals surface area contributed by atoms with Crippen molar-refractivity contribution in [3.05, 3.63) is 212 Å². The highest BCUT2D eigenvalue weighted by molar-refractivity contribution is 6.28. The summed E-state index contributed by atoms with van der Waals surface area (Å²) in [4.78, 5) is 25.7. The highest BCUT2D eigenvalue weighted by Crippen LogP contribution is 2.42. The molecule has 62 heavy (non-hydrogen) atoms. The van der Waals surface area contributed by atoms with Crippen molar-refractivity contribution in [2.24, 2.45) is 0 Å². The van der Waals surface area contributed by atoms with Crippen LogP contribution in [0.4, 0.5) is 0 Å². The first kappa shape index (κ1) is 35.4. The second-order valence-corrected chi connectivity index (χ2v) is 15.3. The Bertz CT molecular complexity index is 3540. The highest BCUT2D eigenvalue weighted by Gasteiger charge is 2.23. The maximum Gasteiger partial charge on any atom is 0.238 e. The van der Waals surface area contributed by atoms with Crippen molar-refractivity contribution in [3.63, 3.8) is 0 Å². The van der Waals surface area contributed by atoms with Gasteiger partial charge in [-0.05, 0) is 42.5 Å². The van der Waals surface area contributed by atoms with Crippen LogP contribution in [0.1, 0.15) is 0 Å². The molecule has 4 aromatic heterocycles.